The van der Waals surface area contributed by atoms with Crippen molar-refractivity contribution in [3.05, 3.63) is 35.9 Å². The van der Waals surface area contributed by atoms with E-state index in [1.54, 1.807) is 13.8 Å². The molecule has 0 aliphatic carbocycles. The molecule has 0 saturated heterocycles. The van der Waals surface area contributed by atoms with Crippen molar-refractivity contribution in [2.45, 2.75) is 113 Å². The van der Waals surface area contributed by atoms with Crippen molar-refractivity contribution in [3.8, 4) is 5.75 Å². The summed E-state index contributed by atoms with van der Waals surface area (Å²) < 4.78 is 253. The zero-order chi connectivity index (χ0) is 46.2. The van der Waals surface area contributed by atoms with Crippen molar-refractivity contribution in [3.63, 3.8) is 0 Å². The van der Waals surface area contributed by atoms with Gasteiger partial charge in [-0.2, -0.15) is 79.0 Å². The summed E-state index contributed by atoms with van der Waals surface area (Å²) in [5.74, 6) is -44.5. The SMILES string of the molecule is CCC(C)(C)C(=O)NCCNC(=O)/C=C/c1ccc(OCCCC(C)(OCCC(F)(F)C(F)(F)C(F)(F)C(F)(F)F)OCCC(F)(F)C(F)(F)C(F)(F)C(F)(F)F)cc1. The highest BCUT2D eigenvalue weighted by atomic mass is 19.4. The van der Waals surface area contributed by atoms with Gasteiger partial charge in [-0.25, -0.2) is 0 Å². The van der Waals surface area contributed by atoms with Crippen LogP contribution in [0, 0.1) is 5.41 Å². The maximum atomic E-state index is 14.0. The summed E-state index contributed by atoms with van der Waals surface area (Å²) in [5.41, 5.74) is -0.145. The van der Waals surface area contributed by atoms with E-state index in [2.05, 4.69) is 10.6 Å². The molecule has 2 N–H and O–H groups in total. The summed E-state index contributed by atoms with van der Waals surface area (Å²) in [5, 5.41) is 5.22. The third kappa shape index (κ3) is 13.4. The van der Waals surface area contributed by atoms with Gasteiger partial charge in [-0.15, -0.1) is 0 Å². The lowest BCUT2D eigenvalue weighted by molar-refractivity contribution is -0.399. The van der Waals surface area contributed by atoms with Crippen LogP contribution in [0.2, 0.25) is 0 Å². The highest BCUT2D eigenvalue weighted by molar-refractivity contribution is 5.91. The normalized spacial score (nSPS) is 14.5. The molecule has 0 unspecified atom stereocenters. The fourth-order valence-electron chi connectivity index (χ4n) is 4.36. The lowest BCUT2D eigenvalue weighted by Gasteiger charge is -2.36. The van der Waals surface area contributed by atoms with E-state index in [1.165, 1.54) is 30.3 Å². The number of rotatable bonds is 24. The molecule has 0 spiro atoms. The van der Waals surface area contributed by atoms with Crippen LogP contribution in [0.25, 0.3) is 6.08 Å². The third-order valence-electron chi connectivity index (χ3n) is 8.63. The van der Waals surface area contributed by atoms with Crippen molar-refractivity contribution < 1.29 is 103 Å². The zero-order valence-electron chi connectivity index (χ0n) is 31.4. The Morgan fingerprint density at radius 3 is 1.42 bits per heavy atom. The standard InChI is InChI=1S/C34H40F18N2O5/c1-5-25(2,3)24(56)54-17-16-53-23(55)12-9-21-7-10-22(11-8-21)57-18-6-13-26(4,58-19-14-27(35,36)29(39,40)31(43,44)33(47,48)49)59-20-15-28(37,38)30(41,42)32(45,46)34(50,51)52/h7-12H,5-6,13-20H2,1-4H3,(H,53,55)(H,54,56)/b12-9+. The van der Waals surface area contributed by atoms with Crippen molar-refractivity contribution in [1.82, 2.24) is 10.6 Å². The lowest BCUT2D eigenvalue weighted by Crippen LogP contribution is -2.61. The van der Waals surface area contributed by atoms with Crippen LogP contribution in [-0.4, -0.2) is 98.4 Å². The quantitative estimate of drug-likeness (QED) is 0.0468. The first-order chi connectivity index (χ1) is 26.4. The number of carbonyl (C=O) groups is 2. The topological polar surface area (TPSA) is 85.9 Å². The Labute approximate surface area is 325 Å². The molecule has 0 saturated carbocycles. The van der Waals surface area contributed by atoms with Gasteiger partial charge in [0.05, 0.1) is 19.8 Å². The van der Waals surface area contributed by atoms with Gasteiger partial charge in [-0.05, 0) is 43.5 Å². The van der Waals surface area contributed by atoms with Gasteiger partial charge < -0.3 is 24.8 Å². The fourth-order valence-corrected chi connectivity index (χ4v) is 4.36. The number of amides is 2. The molecule has 0 aliphatic rings. The number of hydrogen-bond acceptors (Lipinski definition) is 5. The summed E-state index contributed by atoms with van der Waals surface area (Å²) in [7, 11) is 0. The van der Waals surface area contributed by atoms with Crippen LogP contribution < -0.4 is 15.4 Å². The molecule has 0 fully saturated rings. The second-order valence-corrected chi connectivity index (χ2v) is 13.7. The predicted octanol–water partition coefficient (Wildman–Crippen LogP) is 9.99. The minimum atomic E-state index is -7.29. The summed E-state index contributed by atoms with van der Waals surface area (Å²) >= 11 is 0. The first-order valence-electron chi connectivity index (χ1n) is 17.1. The first-order valence-corrected chi connectivity index (χ1v) is 17.1. The zero-order valence-corrected chi connectivity index (χ0v) is 31.4. The van der Waals surface area contributed by atoms with Gasteiger partial charge in [0, 0.05) is 43.8 Å². The van der Waals surface area contributed by atoms with Crippen LogP contribution in [0.3, 0.4) is 0 Å². The van der Waals surface area contributed by atoms with E-state index in [4.69, 9.17) is 14.2 Å². The number of hydrogen-bond donors (Lipinski definition) is 2. The monoisotopic (exact) mass is 898 g/mol. The molecular weight excluding hydrogens is 858 g/mol. The number of benzene rings is 1. The van der Waals surface area contributed by atoms with E-state index < -0.39 is 111 Å². The number of ether oxygens (including phenoxy) is 3. The maximum absolute atomic E-state index is 14.0. The van der Waals surface area contributed by atoms with Crippen molar-refractivity contribution in [1.29, 1.82) is 0 Å². The molecule has 342 valence electrons. The van der Waals surface area contributed by atoms with Crippen molar-refractivity contribution in [2.75, 3.05) is 32.9 Å². The Kier molecular flexibility index (Phi) is 17.5. The van der Waals surface area contributed by atoms with Gasteiger partial charge in [0.1, 0.15) is 5.75 Å². The molecule has 0 bridgehead atoms. The first kappa shape index (κ1) is 53.4. The Balaban J connectivity index is 2.99. The number of nitrogens with one attached hydrogen (secondary N) is 2. The van der Waals surface area contributed by atoms with Crippen molar-refractivity contribution >= 4 is 17.9 Å². The molecule has 7 nitrogen and oxygen atoms in total. The van der Waals surface area contributed by atoms with E-state index in [9.17, 15) is 88.6 Å². The van der Waals surface area contributed by atoms with Gasteiger partial charge in [-0.1, -0.05) is 32.9 Å². The number of halogens is 18. The summed E-state index contributed by atoms with van der Waals surface area (Å²) in [6.07, 6.45) is -17.7. The smallest absolute Gasteiger partial charge is 0.460 e. The fraction of sp³-hybridized carbons (Fsp3) is 0.706. The Morgan fingerprint density at radius 1 is 0.593 bits per heavy atom. The molecular formula is C34H40F18N2O5. The molecule has 1 aromatic rings. The van der Waals surface area contributed by atoms with Gasteiger partial charge >= 0.3 is 47.9 Å². The highest BCUT2D eigenvalue weighted by Crippen LogP contribution is 2.55. The largest absolute Gasteiger partial charge is 0.494 e. The van der Waals surface area contributed by atoms with Gasteiger partial charge in [0.2, 0.25) is 11.8 Å². The average Bonchev–Trinajstić information content (AvgIpc) is 3.10. The summed E-state index contributed by atoms with van der Waals surface area (Å²) in [4.78, 5) is 24.1. The van der Waals surface area contributed by atoms with Gasteiger partial charge in [-0.3, -0.25) is 9.59 Å². The Morgan fingerprint density at radius 2 is 1.02 bits per heavy atom. The second-order valence-electron chi connectivity index (χ2n) is 13.7. The van der Waals surface area contributed by atoms with E-state index in [1.807, 2.05) is 6.92 Å². The minimum Gasteiger partial charge on any atom is -0.494 e. The third-order valence-corrected chi connectivity index (χ3v) is 8.63. The minimum absolute atomic E-state index is 0.0841. The van der Waals surface area contributed by atoms with Gasteiger partial charge in [0.15, 0.2) is 5.79 Å². The average molecular weight is 899 g/mol. The van der Waals surface area contributed by atoms with E-state index in [0.717, 1.165) is 6.08 Å². The summed E-state index contributed by atoms with van der Waals surface area (Å²) in [6, 6.07) is 5.54. The predicted molar refractivity (Wildman–Crippen MR) is 172 cm³/mol. The van der Waals surface area contributed by atoms with E-state index in [-0.39, 0.29) is 24.7 Å². The highest BCUT2D eigenvalue weighted by Gasteiger charge is 2.82. The van der Waals surface area contributed by atoms with Crippen LogP contribution >= 0.6 is 0 Å². The molecule has 0 atom stereocenters. The number of alkyl halides is 18. The summed E-state index contributed by atoms with van der Waals surface area (Å²) in [6.45, 7) is 1.91. The molecule has 0 heterocycles. The van der Waals surface area contributed by atoms with Crippen LogP contribution in [0.1, 0.15) is 65.4 Å². The molecule has 0 radical (unpaired) electrons. The van der Waals surface area contributed by atoms with Crippen LogP contribution in [-0.2, 0) is 19.1 Å². The second kappa shape index (κ2) is 19.4. The van der Waals surface area contributed by atoms with E-state index >= 15 is 0 Å². The Bertz CT molecular complexity index is 1490. The van der Waals surface area contributed by atoms with Crippen LogP contribution in [0.15, 0.2) is 30.3 Å². The van der Waals surface area contributed by atoms with E-state index in [0.29, 0.717) is 18.9 Å². The van der Waals surface area contributed by atoms with Crippen LogP contribution in [0.5, 0.6) is 5.75 Å². The molecule has 0 aliphatic heterocycles. The van der Waals surface area contributed by atoms with Crippen LogP contribution in [0.4, 0.5) is 79.0 Å². The van der Waals surface area contributed by atoms with Gasteiger partial charge in [0.25, 0.3) is 0 Å². The molecule has 1 aromatic carbocycles. The molecule has 1 rings (SSSR count). The molecule has 0 aromatic heterocycles. The molecule has 2 amide bonds. The lowest BCUT2D eigenvalue weighted by atomic mass is 9.89. The molecule has 25 heteroatoms. The number of carbonyl (C=O) groups excluding carboxylic acids is 2. The Hall–Kier alpha value is -3.64. The maximum Gasteiger partial charge on any atom is 0.460 e. The molecule has 59 heavy (non-hydrogen) atoms. The van der Waals surface area contributed by atoms with Crippen molar-refractivity contribution in [2.24, 2.45) is 5.41 Å².